The Morgan fingerprint density at radius 3 is 2.63 bits per heavy atom. The topological polar surface area (TPSA) is 47.9 Å². The largest absolute Gasteiger partial charge is 0.494 e. The van der Waals surface area contributed by atoms with Gasteiger partial charge in [0.15, 0.2) is 0 Å². The summed E-state index contributed by atoms with van der Waals surface area (Å²) >= 11 is 0. The molecule has 100 valence electrons. The van der Waals surface area contributed by atoms with Crippen molar-refractivity contribution >= 4 is 11.9 Å². The van der Waals surface area contributed by atoms with Gasteiger partial charge in [0.1, 0.15) is 11.4 Å². The van der Waals surface area contributed by atoms with E-state index in [0.29, 0.717) is 18.2 Å². The Balaban J connectivity index is 2.05. The zero-order valence-electron chi connectivity index (χ0n) is 11.2. The molecule has 1 heterocycles. The lowest BCUT2D eigenvalue weighted by Crippen LogP contribution is -2.05. The summed E-state index contributed by atoms with van der Waals surface area (Å²) in [6, 6.07) is 7.39. The highest BCUT2D eigenvalue weighted by Crippen LogP contribution is 2.19. The van der Waals surface area contributed by atoms with Gasteiger partial charge < -0.3 is 9.47 Å². The second kappa shape index (κ2) is 6.18. The number of allylic oxidation sites excluding steroid dienone is 1. The highest BCUT2D eigenvalue weighted by atomic mass is 16.6. The third-order valence-electron chi connectivity index (χ3n) is 2.76. The predicted molar refractivity (Wildman–Crippen MR) is 73.2 cm³/mol. The first kappa shape index (κ1) is 13.3. The number of carbonyl (C=O) groups is 1. The van der Waals surface area contributed by atoms with Crippen LogP contribution < -0.4 is 4.74 Å². The maximum atomic E-state index is 11.4. The van der Waals surface area contributed by atoms with Crippen molar-refractivity contribution in [1.29, 1.82) is 0 Å². The third-order valence-corrected chi connectivity index (χ3v) is 2.76. The van der Waals surface area contributed by atoms with E-state index in [9.17, 15) is 4.79 Å². The molecule has 1 aromatic carbocycles. The predicted octanol–water partition coefficient (Wildman–Crippen LogP) is 3.07. The van der Waals surface area contributed by atoms with Crippen molar-refractivity contribution in [3.8, 4) is 5.75 Å². The van der Waals surface area contributed by atoms with Crippen LogP contribution in [0.2, 0.25) is 0 Å². The first-order valence-electron chi connectivity index (χ1n) is 6.45. The smallest absolute Gasteiger partial charge is 0.363 e. The van der Waals surface area contributed by atoms with E-state index in [0.717, 1.165) is 24.2 Å². The molecule has 0 amide bonds. The van der Waals surface area contributed by atoms with Crippen LogP contribution in [-0.2, 0) is 9.53 Å². The van der Waals surface area contributed by atoms with Crippen LogP contribution in [0.1, 0.15) is 32.3 Å². The number of unbranched alkanes of at least 4 members (excludes halogenated alkanes) is 1. The fourth-order valence-electron chi connectivity index (χ4n) is 1.65. The summed E-state index contributed by atoms with van der Waals surface area (Å²) in [5, 5.41) is 0. The molecule has 0 radical (unpaired) electrons. The summed E-state index contributed by atoms with van der Waals surface area (Å²) in [6.45, 7) is 4.60. The molecule has 0 saturated carbocycles. The Labute approximate surface area is 112 Å². The summed E-state index contributed by atoms with van der Waals surface area (Å²) in [5.41, 5.74) is 1.12. The number of carbonyl (C=O) groups excluding carboxylic acids is 1. The number of esters is 1. The van der Waals surface area contributed by atoms with Gasteiger partial charge >= 0.3 is 5.97 Å². The van der Waals surface area contributed by atoms with Crippen molar-refractivity contribution in [3.63, 3.8) is 0 Å². The highest BCUT2D eigenvalue weighted by Gasteiger charge is 2.23. The average Bonchev–Trinajstić information content (AvgIpc) is 2.81. The summed E-state index contributed by atoms with van der Waals surface area (Å²) in [5.74, 6) is 0.757. The summed E-state index contributed by atoms with van der Waals surface area (Å²) < 4.78 is 10.7. The van der Waals surface area contributed by atoms with E-state index in [1.54, 1.807) is 13.0 Å². The standard InChI is InChI=1S/C15H17NO3/c1-3-5-10-18-12-8-6-11(7-9-12)14-16-13(4-2)15(17)19-14/h4,6-9H,3,5,10H2,1-2H3/b13-4-. The van der Waals surface area contributed by atoms with E-state index < -0.39 is 5.97 Å². The van der Waals surface area contributed by atoms with Crippen molar-refractivity contribution in [2.24, 2.45) is 4.99 Å². The molecule has 0 unspecified atom stereocenters. The molecule has 1 aromatic rings. The number of hydrogen-bond donors (Lipinski definition) is 0. The van der Waals surface area contributed by atoms with Gasteiger partial charge in [-0.15, -0.1) is 0 Å². The Kier molecular flexibility index (Phi) is 4.34. The van der Waals surface area contributed by atoms with Gasteiger partial charge in [-0.1, -0.05) is 19.4 Å². The molecule has 19 heavy (non-hydrogen) atoms. The molecule has 2 rings (SSSR count). The van der Waals surface area contributed by atoms with Crippen molar-refractivity contribution < 1.29 is 14.3 Å². The lowest BCUT2D eigenvalue weighted by Gasteiger charge is -2.05. The number of benzene rings is 1. The zero-order valence-corrected chi connectivity index (χ0v) is 11.2. The molecule has 0 bridgehead atoms. The molecule has 0 aromatic heterocycles. The van der Waals surface area contributed by atoms with Crippen molar-refractivity contribution in [3.05, 3.63) is 41.6 Å². The fraction of sp³-hybridized carbons (Fsp3) is 0.333. The first-order chi connectivity index (χ1) is 9.24. The number of hydrogen-bond acceptors (Lipinski definition) is 4. The lowest BCUT2D eigenvalue weighted by molar-refractivity contribution is -0.130. The van der Waals surface area contributed by atoms with E-state index >= 15 is 0 Å². The highest BCUT2D eigenvalue weighted by molar-refractivity contribution is 6.11. The van der Waals surface area contributed by atoms with Crippen LogP contribution >= 0.6 is 0 Å². The van der Waals surface area contributed by atoms with Gasteiger partial charge in [0.25, 0.3) is 0 Å². The molecule has 0 N–H and O–H groups in total. The van der Waals surface area contributed by atoms with Crippen LogP contribution in [0, 0.1) is 0 Å². The molecular formula is C15H17NO3. The molecule has 4 heteroatoms. The van der Waals surface area contributed by atoms with Crippen LogP contribution in [0.15, 0.2) is 41.0 Å². The maximum Gasteiger partial charge on any atom is 0.363 e. The molecule has 4 nitrogen and oxygen atoms in total. The Hall–Kier alpha value is -2.10. The molecule has 0 fully saturated rings. The van der Waals surface area contributed by atoms with Gasteiger partial charge in [-0.2, -0.15) is 0 Å². The molecule has 0 spiro atoms. The van der Waals surface area contributed by atoms with Gasteiger partial charge in [-0.05, 0) is 37.6 Å². The Bertz CT molecular complexity index is 515. The van der Waals surface area contributed by atoms with Crippen LogP contribution in [0.5, 0.6) is 5.75 Å². The van der Waals surface area contributed by atoms with Crippen LogP contribution in [0.4, 0.5) is 0 Å². The number of cyclic esters (lactones) is 1. The SMILES string of the molecule is C/C=C1\N=C(c2ccc(OCCCC)cc2)OC1=O. The van der Waals surface area contributed by atoms with E-state index in [2.05, 4.69) is 11.9 Å². The molecule has 0 aliphatic carbocycles. The second-order valence-electron chi connectivity index (χ2n) is 4.21. The molecular weight excluding hydrogens is 242 g/mol. The van der Waals surface area contributed by atoms with Gasteiger partial charge in [0.05, 0.1) is 6.61 Å². The van der Waals surface area contributed by atoms with E-state index in [1.165, 1.54) is 0 Å². The summed E-state index contributed by atoms with van der Waals surface area (Å²) in [7, 11) is 0. The Morgan fingerprint density at radius 2 is 2.05 bits per heavy atom. The maximum absolute atomic E-state index is 11.4. The monoisotopic (exact) mass is 259 g/mol. The second-order valence-corrected chi connectivity index (χ2v) is 4.21. The quantitative estimate of drug-likeness (QED) is 0.464. The van der Waals surface area contributed by atoms with E-state index in [-0.39, 0.29) is 0 Å². The third kappa shape index (κ3) is 3.22. The van der Waals surface area contributed by atoms with Gasteiger partial charge in [0.2, 0.25) is 5.90 Å². The molecule has 0 atom stereocenters. The minimum atomic E-state index is -0.402. The van der Waals surface area contributed by atoms with Gasteiger partial charge in [-0.3, -0.25) is 0 Å². The lowest BCUT2D eigenvalue weighted by atomic mass is 10.2. The van der Waals surface area contributed by atoms with Gasteiger partial charge in [0, 0.05) is 5.56 Å². The normalized spacial score (nSPS) is 16.4. The Morgan fingerprint density at radius 1 is 1.32 bits per heavy atom. The number of rotatable bonds is 5. The zero-order chi connectivity index (χ0) is 13.7. The van der Waals surface area contributed by atoms with Crippen LogP contribution in [0.25, 0.3) is 0 Å². The number of ether oxygens (including phenoxy) is 2. The van der Waals surface area contributed by atoms with Crippen molar-refractivity contribution in [2.75, 3.05) is 6.61 Å². The fourth-order valence-corrected chi connectivity index (χ4v) is 1.65. The minimum absolute atomic E-state index is 0.346. The minimum Gasteiger partial charge on any atom is -0.494 e. The molecule has 0 saturated heterocycles. The van der Waals surface area contributed by atoms with Crippen LogP contribution in [0.3, 0.4) is 0 Å². The van der Waals surface area contributed by atoms with E-state index in [1.807, 2.05) is 24.3 Å². The van der Waals surface area contributed by atoms with Crippen LogP contribution in [-0.4, -0.2) is 18.5 Å². The van der Waals surface area contributed by atoms with Crippen molar-refractivity contribution in [2.45, 2.75) is 26.7 Å². The average molecular weight is 259 g/mol. The first-order valence-corrected chi connectivity index (χ1v) is 6.45. The number of nitrogens with zero attached hydrogens (tertiary/aromatic N) is 1. The van der Waals surface area contributed by atoms with E-state index in [4.69, 9.17) is 9.47 Å². The summed E-state index contributed by atoms with van der Waals surface area (Å²) in [6.07, 6.45) is 3.78. The van der Waals surface area contributed by atoms with Crippen molar-refractivity contribution in [1.82, 2.24) is 0 Å². The molecule has 1 aliphatic heterocycles. The van der Waals surface area contributed by atoms with Gasteiger partial charge in [-0.25, -0.2) is 9.79 Å². The summed E-state index contributed by atoms with van der Waals surface area (Å²) in [4.78, 5) is 15.5. The number of aliphatic imine (C=N–C) groups is 1. The molecule has 1 aliphatic rings.